The van der Waals surface area contributed by atoms with E-state index in [1.165, 1.54) is 0 Å². The highest BCUT2D eigenvalue weighted by Gasteiger charge is 2.32. The predicted molar refractivity (Wildman–Crippen MR) is 96.6 cm³/mol. The highest BCUT2D eigenvalue weighted by Crippen LogP contribution is 2.31. The molecule has 1 saturated heterocycles. The number of anilines is 1. The van der Waals surface area contributed by atoms with E-state index in [1.54, 1.807) is 17.7 Å². The summed E-state index contributed by atoms with van der Waals surface area (Å²) in [4.78, 5) is 24.3. The molecule has 1 aliphatic heterocycles. The van der Waals surface area contributed by atoms with E-state index < -0.39 is 0 Å². The number of halogens is 1. The molecule has 1 fully saturated rings. The van der Waals surface area contributed by atoms with E-state index in [0.29, 0.717) is 6.54 Å². The molecule has 0 radical (unpaired) electrons. The maximum Gasteiger partial charge on any atom is 0.242 e. The number of fused-ring (bicyclic) bond motifs is 1. The molecule has 2 aromatic heterocycles. The number of rotatable bonds is 6. The van der Waals surface area contributed by atoms with Crippen molar-refractivity contribution in [2.45, 2.75) is 25.8 Å². The number of hydrogen-bond acceptors (Lipinski definition) is 6. The highest BCUT2D eigenvalue weighted by molar-refractivity contribution is 7.16. The van der Waals surface area contributed by atoms with Gasteiger partial charge in [-0.05, 0) is 30.8 Å². The van der Waals surface area contributed by atoms with Crippen molar-refractivity contribution in [3.8, 4) is 0 Å². The first-order valence-corrected chi connectivity index (χ1v) is 8.62. The quantitative estimate of drug-likeness (QED) is 0.773. The maximum atomic E-state index is 12.4. The molecule has 0 spiro atoms. The second kappa shape index (κ2) is 8.42. The van der Waals surface area contributed by atoms with Crippen LogP contribution in [0.2, 0.25) is 0 Å². The Morgan fingerprint density at radius 1 is 1.43 bits per heavy atom. The molecule has 126 valence electrons. The van der Waals surface area contributed by atoms with Gasteiger partial charge in [-0.2, -0.15) is 0 Å². The number of thiophene rings is 1. The van der Waals surface area contributed by atoms with Crippen LogP contribution >= 0.6 is 23.7 Å². The Morgan fingerprint density at radius 2 is 2.30 bits per heavy atom. The van der Waals surface area contributed by atoms with Crippen molar-refractivity contribution in [3.63, 3.8) is 0 Å². The Morgan fingerprint density at radius 3 is 3.13 bits per heavy atom. The van der Waals surface area contributed by atoms with Gasteiger partial charge >= 0.3 is 0 Å². The van der Waals surface area contributed by atoms with Gasteiger partial charge in [-0.3, -0.25) is 4.79 Å². The second-order valence-electron chi connectivity index (χ2n) is 5.33. The zero-order valence-corrected chi connectivity index (χ0v) is 14.8. The van der Waals surface area contributed by atoms with Crippen LogP contribution in [-0.2, 0) is 4.79 Å². The van der Waals surface area contributed by atoms with Gasteiger partial charge < -0.3 is 15.5 Å². The number of hydrogen-bond donors (Lipinski definition) is 2. The van der Waals surface area contributed by atoms with Crippen LogP contribution in [0.15, 0.2) is 17.8 Å². The Balaban J connectivity index is 0.00000192. The van der Waals surface area contributed by atoms with E-state index in [0.717, 1.165) is 48.5 Å². The molecule has 8 heteroatoms. The van der Waals surface area contributed by atoms with Crippen LogP contribution in [0.4, 0.5) is 5.82 Å². The van der Waals surface area contributed by atoms with Crippen LogP contribution in [0.3, 0.4) is 0 Å². The summed E-state index contributed by atoms with van der Waals surface area (Å²) in [6, 6.07) is 1.91. The molecule has 0 aliphatic carbocycles. The molecule has 0 saturated carbocycles. The molecule has 1 atom stereocenters. The summed E-state index contributed by atoms with van der Waals surface area (Å²) < 4.78 is 0. The number of carbonyl (C=O) groups excluding carboxylic acids is 1. The van der Waals surface area contributed by atoms with Gasteiger partial charge in [0.2, 0.25) is 5.91 Å². The average Bonchev–Trinajstić information content (AvgIpc) is 3.19. The van der Waals surface area contributed by atoms with E-state index in [2.05, 4.69) is 32.4 Å². The Bertz CT molecular complexity index is 650. The fraction of sp³-hybridized carbons (Fsp3) is 0.533. The van der Waals surface area contributed by atoms with E-state index in [-0.39, 0.29) is 24.4 Å². The van der Waals surface area contributed by atoms with Gasteiger partial charge in [-0.1, -0.05) is 6.92 Å². The molecule has 23 heavy (non-hydrogen) atoms. The minimum absolute atomic E-state index is 0. The van der Waals surface area contributed by atoms with Gasteiger partial charge in [0.25, 0.3) is 0 Å². The van der Waals surface area contributed by atoms with Crippen molar-refractivity contribution in [2.24, 2.45) is 0 Å². The molecule has 1 amide bonds. The molecule has 3 rings (SSSR count). The average molecular weight is 356 g/mol. The second-order valence-corrected chi connectivity index (χ2v) is 6.23. The molecule has 6 nitrogen and oxygen atoms in total. The molecule has 1 unspecified atom stereocenters. The van der Waals surface area contributed by atoms with E-state index in [9.17, 15) is 4.79 Å². The summed E-state index contributed by atoms with van der Waals surface area (Å²) in [5.74, 6) is 0.980. The van der Waals surface area contributed by atoms with Crippen LogP contribution in [-0.4, -0.2) is 48.1 Å². The van der Waals surface area contributed by atoms with Crippen molar-refractivity contribution < 1.29 is 4.79 Å². The first kappa shape index (κ1) is 17.9. The number of amides is 1. The molecule has 0 aromatic carbocycles. The number of carbonyl (C=O) groups is 1. The Labute approximate surface area is 146 Å². The van der Waals surface area contributed by atoms with E-state index >= 15 is 0 Å². The van der Waals surface area contributed by atoms with E-state index in [4.69, 9.17) is 0 Å². The lowest BCUT2D eigenvalue weighted by molar-refractivity contribution is -0.122. The first-order valence-electron chi connectivity index (χ1n) is 7.74. The number of nitrogens with zero attached hydrogens (tertiary/aromatic N) is 3. The van der Waals surface area contributed by atoms with Crippen LogP contribution in [0.1, 0.15) is 19.8 Å². The molecular weight excluding hydrogens is 334 g/mol. The molecular formula is C15H22ClN5OS. The normalized spacial score (nSPS) is 17.3. The van der Waals surface area contributed by atoms with Crippen LogP contribution in [0, 0.1) is 0 Å². The van der Waals surface area contributed by atoms with Gasteiger partial charge in [-0.15, -0.1) is 23.7 Å². The lowest BCUT2D eigenvalue weighted by Gasteiger charge is -2.25. The molecule has 1 aliphatic rings. The third-order valence-electron chi connectivity index (χ3n) is 3.92. The number of nitrogens with one attached hydrogen (secondary N) is 2. The Hall–Kier alpha value is -1.44. The summed E-state index contributed by atoms with van der Waals surface area (Å²) in [7, 11) is 0. The summed E-state index contributed by atoms with van der Waals surface area (Å²) in [6.07, 6.45) is 3.48. The van der Waals surface area contributed by atoms with Crippen molar-refractivity contribution >= 4 is 45.7 Å². The van der Waals surface area contributed by atoms with Gasteiger partial charge in [-0.25, -0.2) is 9.97 Å². The third-order valence-corrected chi connectivity index (χ3v) is 4.74. The van der Waals surface area contributed by atoms with Gasteiger partial charge in [0.15, 0.2) is 0 Å². The summed E-state index contributed by atoms with van der Waals surface area (Å²) in [5, 5.41) is 9.29. The fourth-order valence-corrected chi connectivity index (χ4v) is 3.59. The van der Waals surface area contributed by atoms with Crippen LogP contribution < -0.4 is 15.5 Å². The monoisotopic (exact) mass is 355 g/mol. The molecule has 2 N–H and O–H groups in total. The van der Waals surface area contributed by atoms with Gasteiger partial charge in [0.05, 0.1) is 5.39 Å². The van der Waals surface area contributed by atoms with Gasteiger partial charge in [0.1, 0.15) is 23.0 Å². The Kier molecular flexibility index (Phi) is 6.56. The topological polar surface area (TPSA) is 70.2 Å². The zero-order chi connectivity index (χ0) is 15.4. The lowest BCUT2D eigenvalue weighted by Crippen LogP contribution is -2.45. The standard InChI is InChI=1S/C15H21N5OS.ClH/c1-2-16-6-7-17-14(21)12-4-3-8-20(12)13-11-5-9-22-15(11)19-10-18-13;/h5,9-10,12,16H,2-4,6-8H2,1H3,(H,17,21);1H. The lowest BCUT2D eigenvalue weighted by atomic mass is 10.2. The summed E-state index contributed by atoms with van der Waals surface area (Å²) >= 11 is 1.60. The van der Waals surface area contributed by atoms with Crippen molar-refractivity contribution in [1.82, 2.24) is 20.6 Å². The summed E-state index contributed by atoms with van der Waals surface area (Å²) in [6.45, 7) is 5.31. The number of likely N-dealkylation sites (N-methyl/N-ethyl adjacent to an activating group) is 1. The van der Waals surface area contributed by atoms with Crippen molar-refractivity contribution in [3.05, 3.63) is 17.8 Å². The first-order chi connectivity index (χ1) is 10.8. The molecule has 0 bridgehead atoms. The van der Waals surface area contributed by atoms with Crippen LogP contribution in [0.25, 0.3) is 10.2 Å². The molecule has 3 heterocycles. The van der Waals surface area contributed by atoms with Gasteiger partial charge in [0, 0.05) is 19.6 Å². The van der Waals surface area contributed by atoms with E-state index in [1.807, 2.05) is 11.4 Å². The van der Waals surface area contributed by atoms with Crippen molar-refractivity contribution in [1.29, 1.82) is 0 Å². The highest BCUT2D eigenvalue weighted by atomic mass is 35.5. The molecule has 2 aromatic rings. The predicted octanol–water partition coefficient (Wildman–Crippen LogP) is 1.81. The SMILES string of the molecule is CCNCCNC(=O)C1CCCN1c1ncnc2sccc12.Cl. The van der Waals surface area contributed by atoms with Crippen LogP contribution in [0.5, 0.6) is 0 Å². The zero-order valence-electron chi connectivity index (χ0n) is 13.1. The minimum atomic E-state index is -0.125. The smallest absolute Gasteiger partial charge is 0.242 e. The number of aromatic nitrogens is 2. The fourth-order valence-electron chi connectivity index (χ4n) is 2.87. The summed E-state index contributed by atoms with van der Waals surface area (Å²) in [5.41, 5.74) is 0. The maximum absolute atomic E-state index is 12.4. The largest absolute Gasteiger partial charge is 0.353 e. The minimum Gasteiger partial charge on any atom is -0.353 e. The van der Waals surface area contributed by atoms with Crippen molar-refractivity contribution in [2.75, 3.05) is 31.1 Å². The third kappa shape index (κ3) is 3.91.